The molecule has 0 unspecified atom stereocenters. The molecule has 19 heavy (non-hydrogen) atoms. The molecule has 0 spiro atoms. The largest absolute Gasteiger partial charge is 0.508 e. The highest BCUT2D eigenvalue weighted by Gasteiger charge is 2.19. The van der Waals surface area contributed by atoms with Crippen LogP contribution >= 0.6 is 0 Å². The fourth-order valence-corrected chi connectivity index (χ4v) is 2.18. The van der Waals surface area contributed by atoms with Gasteiger partial charge in [-0.1, -0.05) is 6.08 Å². The molecule has 102 valence electrons. The number of ether oxygens (including phenoxy) is 1. The number of nitrogens with zero attached hydrogens (tertiary/aromatic N) is 1. The molecule has 1 aromatic carbocycles. The Morgan fingerprint density at radius 2 is 2.26 bits per heavy atom. The van der Waals surface area contributed by atoms with E-state index in [1.165, 1.54) is 5.57 Å². The number of aromatic hydroxyl groups is 1. The van der Waals surface area contributed by atoms with Crippen molar-refractivity contribution in [2.24, 2.45) is 0 Å². The number of hydrogen-bond acceptors (Lipinski definition) is 3. The van der Waals surface area contributed by atoms with E-state index in [9.17, 15) is 9.90 Å². The van der Waals surface area contributed by atoms with E-state index in [0.29, 0.717) is 25.3 Å². The van der Waals surface area contributed by atoms with Gasteiger partial charge in [0.25, 0.3) is 5.91 Å². The molecular weight excluding hydrogens is 242 g/mol. The van der Waals surface area contributed by atoms with Gasteiger partial charge in [-0.05, 0) is 42.7 Å². The summed E-state index contributed by atoms with van der Waals surface area (Å²) in [5.41, 5.74) is 2.59. The monoisotopic (exact) mass is 261 g/mol. The highest BCUT2D eigenvalue weighted by Crippen LogP contribution is 2.19. The van der Waals surface area contributed by atoms with Crippen molar-refractivity contribution in [2.75, 3.05) is 26.8 Å². The van der Waals surface area contributed by atoms with Crippen LogP contribution in [-0.2, 0) is 4.74 Å². The number of carbonyl (C=O) groups is 1. The van der Waals surface area contributed by atoms with Gasteiger partial charge < -0.3 is 14.7 Å². The van der Waals surface area contributed by atoms with E-state index in [-0.39, 0.29) is 11.7 Å². The minimum Gasteiger partial charge on any atom is -0.508 e. The molecule has 1 aromatic rings. The molecule has 0 aliphatic carbocycles. The van der Waals surface area contributed by atoms with Crippen molar-refractivity contribution in [3.63, 3.8) is 0 Å². The van der Waals surface area contributed by atoms with E-state index in [1.54, 1.807) is 32.2 Å². The summed E-state index contributed by atoms with van der Waals surface area (Å²) in [5, 5.41) is 9.48. The lowest BCUT2D eigenvalue weighted by Crippen LogP contribution is -2.35. The highest BCUT2D eigenvalue weighted by atomic mass is 16.5. The molecule has 0 atom stereocenters. The number of benzene rings is 1. The first-order valence-electron chi connectivity index (χ1n) is 6.37. The van der Waals surface area contributed by atoms with E-state index in [1.807, 2.05) is 4.90 Å². The third-order valence-electron chi connectivity index (χ3n) is 3.36. The number of phenolic OH excluding ortho intramolecular Hbond substituents is 1. The molecule has 0 aromatic heterocycles. The van der Waals surface area contributed by atoms with Crippen molar-refractivity contribution in [3.8, 4) is 5.75 Å². The fourth-order valence-electron chi connectivity index (χ4n) is 2.18. The second-order valence-corrected chi connectivity index (χ2v) is 4.80. The molecule has 4 heteroatoms. The van der Waals surface area contributed by atoms with Crippen molar-refractivity contribution >= 4 is 5.91 Å². The Morgan fingerprint density at radius 1 is 1.47 bits per heavy atom. The Morgan fingerprint density at radius 3 is 2.84 bits per heavy atom. The summed E-state index contributed by atoms with van der Waals surface area (Å²) < 4.78 is 5.09. The van der Waals surface area contributed by atoms with Crippen LogP contribution in [0.2, 0.25) is 0 Å². The van der Waals surface area contributed by atoms with Gasteiger partial charge in [-0.15, -0.1) is 0 Å². The minimum atomic E-state index is 0.0100. The van der Waals surface area contributed by atoms with Gasteiger partial charge in [-0.3, -0.25) is 4.79 Å². The number of carbonyl (C=O) groups excluding carboxylic acids is 1. The van der Waals surface area contributed by atoms with Crippen LogP contribution in [0.3, 0.4) is 0 Å². The van der Waals surface area contributed by atoms with E-state index in [0.717, 1.165) is 12.0 Å². The molecule has 1 aliphatic heterocycles. The average Bonchev–Trinajstić information content (AvgIpc) is 2.42. The lowest BCUT2D eigenvalue weighted by Gasteiger charge is -2.26. The van der Waals surface area contributed by atoms with Crippen molar-refractivity contribution in [2.45, 2.75) is 13.3 Å². The first-order valence-corrected chi connectivity index (χ1v) is 6.37. The second kappa shape index (κ2) is 5.89. The van der Waals surface area contributed by atoms with Crippen LogP contribution in [0, 0.1) is 6.92 Å². The maximum atomic E-state index is 12.3. The van der Waals surface area contributed by atoms with E-state index in [2.05, 4.69) is 6.08 Å². The predicted molar refractivity (Wildman–Crippen MR) is 73.3 cm³/mol. The lowest BCUT2D eigenvalue weighted by molar-refractivity contribution is 0.0765. The Kier molecular flexibility index (Phi) is 4.22. The molecule has 1 aliphatic rings. The molecule has 0 radical (unpaired) electrons. The van der Waals surface area contributed by atoms with Crippen LogP contribution in [0.15, 0.2) is 29.8 Å². The summed E-state index contributed by atoms with van der Waals surface area (Å²) in [7, 11) is 1.68. The number of amides is 1. The summed E-state index contributed by atoms with van der Waals surface area (Å²) in [4.78, 5) is 14.1. The van der Waals surface area contributed by atoms with E-state index < -0.39 is 0 Å². The van der Waals surface area contributed by atoms with Crippen molar-refractivity contribution in [1.29, 1.82) is 0 Å². The topological polar surface area (TPSA) is 49.8 Å². The number of phenols is 1. The smallest absolute Gasteiger partial charge is 0.254 e. The van der Waals surface area contributed by atoms with Gasteiger partial charge in [0, 0.05) is 25.8 Å². The summed E-state index contributed by atoms with van der Waals surface area (Å²) in [6, 6.07) is 4.96. The Bertz CT molecular complexity index is 508. The number of rotatable bonds is 3. The maximum absolute atomic E-state index is 12.3. The lowest BCUT2D eigenvalue weighted by atomic mass is 10.1. The van der Waals surface area contributed by atoms with Gasteiger partial charge in [-0.25, -0.2) is 0 Å². The third kappa shape index (κ3) is 3.15. The Hall–Kier alpha value is -1.81. The van der Waals surface area contributed by atoms with Crippen LogP contribution in [0.1, 0.15) is 22.3 Å². The van der Waals surface area contributed by atoms with Crippen LogP contribution in [-0.4, -0.2) is 42.7 Å². The Balaban J connectivity index is 2.07. The quantitative estimate of drug-likeness (QED) is 0.848. The first-order chi connectivity index (χ1) is 9.11. The van der Waals surface area contributed by atoms with Gasteiger partial charge in [0.2, 0.25) is 0 Å². The Labute approximate surface area is 113 Å². The van der Waals surface area contributed by atoms with Crippen molar-refractivity contribution in [3.05, 3.63) is 41.0 Å². The molecule has 2 rings (SSSR count). The van der Waals surface area contributed by atoms with Gasteiger partial charge in [-0.2, -0.15) is 0 Å². The normalized spacial score (nSPS) is 15.3. The minimum absolute atomic E-state index is 0.0100. The predicted octanol–water partition coefficient (Wildman–Crippen LogP) is 2.12. The molecule has 1 amide bonds. The van der Waals surface area contributed by atoms with Gasteiger partial charge in [0.15, 0.2) is 0 Å². The molecule has 1 N–H and O–H groups in total. The number of hydrogen-bond donors (Lipinski definition) is 1. The van der Waals surface area contributed by atoms with Gasteiger partial charge in [0.1, 0.15) is 5.75 Å². The molecule has 0 fully saturated rings. The average molecular weight is 261 g/mol. The number of methoxy groups -OCH3 is 1. The van der Waals surface area contributed by atoms with Crippen molar-refractivity contribution in [1.82, 2.24) is 4.90 Å². The zero-order chi connectivity index (χ0) is 13.8. The molecule has 0 bridgehead atoms. The van der Waals surface area contributed by atoms with E-state index >= 15 is 0 Å². The summed E-state index contributed by atoms with van der Waals surface area (Å²) in [6.07, 6.45) is 2.91. The molecule has 0 saturated carbocycles. The first kappa shape index (κ1) is 13.6. The molecule has 0 saturated heterocycles. The highest BCUT2D eigenvalue weighted by molar-refractivity contribution is 5.94. The summed E-state index contributed by atoms with van der Waals surface area (Å²) >= 11 is 0. The standard InChI is InChI=1S/C15H19NO3/c1-11-9-13(3-4-14(11)17)15(18)16-7-5-12(6-8-16)10-19-2/h3-5,9,17H,6-8,10H2,1-2H3. The fraction of sp³-hybridized carbons (Fsp3) is 0.400. The third-order valence-corrected chi connectivity index (χ3v) is 3.36. The number of aryl methyl sites for hydroxylation is 1. The molecular formula is C15H19NO3. The molecule has 4 nitrogen and oxygen atoms in total. The maximum Gasteiger partial charge on any atom is 0.254 e. The van der Waals surface area contributed by atoms with Gasteiger partial charge in [0.05, 0.1) is 6.61 Å². The second-order valence-electron chi connectivity index (χ2n) is 4.80. The van der Waals surface area contributed by atoms with Crippen LogP contribution in [0.5, 0.6) is 5.75 Å². The van der Waals surface area contributed by atoms with Crippen LogP contribution < -0.4 is 0 Å². The zero-order valence-corrected chi connectivity index (χ0v) is 11.3. The molecule has 1 heterocycles. The summed E-state index contributed by atoms with van der Waals surface area (Å²) in [6.45, 7) is 3.77. The SMILES string of the molecule is COCC1=CCN(C(=O)c2ccc(O)c(C)c2)CC1. The van der Waals surface area contributed by atoms with Crippen molar-refractivity contribution < 1.29 is 14.6 Å². The zero-order valence-electron chi connectivity index (χ0n) is 11.3. The van der Waals surface area contributed by atoms with Crippen LogP contribution in [0.25, 0.3) is 0 Å². The van der Waals surface area contributed by atoms with Crippen LogP contribution in [0.4, 0.5) is 0 Å². The summed E-state index contributed by atoms with van der Waals surface area (Å²) in [5.74, 6) is 0.230. The van der Waals surface area contributed by atoms with E-state index in [4.69, 9.17) is 4.74 Å². The van der Waals surface area contributed by atoms with Gasteiger partial charge >= 0.3 is 0 Å².